The molecule has 0 saturated carbocycles. The Morgan fingerprint density at radius 3 is 2.50 bits per heavy atom. The van der Waals surface area contributed by atoms with Crippen LogP contribution in [0.5, 0.6) is 0 Å². The summed E-state index contributed by atoms with van der Waals surface area (Å²) in [6, 6.07) is 0. The lowest BCUT2D eigenvalue weighted by atomic mass is 10.5. The van der Waals surface area contributed by atoms with Gasteiger partial charge in [0.05, 0.1) is 12.4 Å². The molecule has 1 N–H and O–H groups in total. The summed E-state index contributed by atoms with van der Waals surface area (Å²) in [6.07, 6.45) is 1.75. The van der Waals surface area contributed by atoms with Crippen LogP contribution in [0.25, 0.3) is 0 Å². The van der Waals surface area contributed by atoms with Gasteiger partial charge in [0.25, 0.3) is 0 Å². The van der Waals surface area contributed by atoms with Crippen LogP contribution in [0.3, 0.4) is 0 Å². The Morgan fingerprint density at radius 2 is 2.20 bits per heavy atom. The summed E-state index contributed by atoms with van der Waals surface area (Å²) in [5.74, 6) is 0.419. The lowest BCUT2D eigenvalue weighted by molar-refractivity contribution is -0.111. The zero-order valence-corrected chi connectivity index (χ0v) is 7.29. The normalized spacial score (nSPS) is 9.10. The van der Waals surface area contributed by atoms with E-state index in [1.807, 2.05) is 0 Å². The largest absolute Gasteiger partial charge is 0.356 e. The van der Waals surface area contributed by atoms with Gasteiger partial charge < -0.3 is 4.90 Å². The van der Waals surface area contributed by atoms with Crippen molar-refractivity contribution in [2.45, 2.75) is 6.92 Å². The summed E-state index contributed by atoms with van der Waals surface area (Å²) in [7, 11) is 1.73. The predicted octanol–water partition coefficient (Wildman–Crippen LogP) is 0.805. The summed E-state index contributed by atoms with van der Waals surface area (Å²) in [4.78, 5) is 12.4. The van der Waals surface area contributed by atoms with Gasteiger partial charge in [0.1, 0.15) is 0 Å². The lowest BCUT2D eigenvalue weighted by Crippen LogP contribution is -2.28. The number of carbonyl (C=O) groups is 1. The molecule has 0 bridgehead atoms. The first-order chi connectivity index (χ1) is 4.57. The molecule has 3 nitrogen and oxygen atoms in total. The third-order valence-corrected chi connectivity index (χ3v) is 1.75. The Bertz CT molecular complexity index is 147. The molecule has 0 aliphatic heterocycles. The Hall–Kier alpha value is -0.510. The van der Waals surface area contributed by atoms with Crippen LogP contribution in [0.4, 0.5) is 0 Å². The van der Waals surface area contributed by atoms with Crippen molar-refractivity contribution < 1.29 is 4.79 Å². The molecule has 58 valence electrons. The molecule has 0 aromatic heterocycles. The van der Waals surface area contributed by atoms with Crippen molar-refractivity contribution in [3.05, 3.63) is 0 Å². The van der Waals surface area contributed by atoms with Crippen molar-refractivity contribution in [3.8, 4) is 0 Å². The van der Waals surface area contributed by atoms with Crippen LogP contribution in [-0.4, -0.2) is 35.7 Å². The monoisotopic (exact) mass is 160 g/mol. The van der Waals surface area contributed by atoms with Gasteiger partial charge in [-0.05, 0) is 13.2 Å². The third-order valence-electron chi connectivity index (χ3n) is 1.17. The maximum absolute atomic E-state index is 10.8. The summed E-state index contributed by atoms with van der Waals surface area (Å²) in [6.45, 7) is 1.99. The van der Waals surface area contributed by atoms with Gasteiger partial charge in [-0.3, -0.25) is 10.2 Å². The van der Waals surface area contributed by atoms with E-state index in [1.54, 1.807) is 25.1 Å². The summed E-state index contributed by atoms with van der Waals surface area (Å²) >= 11 is 1.19. The molecular formula is C6H12N2OS. The first-order valence-electron chi connectivity index (χ1n) is 2.91. The van der Waals surface area contributed by atoms with Gasteiger partial charge in [0.2, 0.25) is 5.12 Å². The van der Waals surface area contributed by atoms with Crippen molar-refractivity contribution in [2.75, 3.05) is 19.8 Å². The molecule has 0 atom stereocenters. The van der Waals surface area contributed by atoms with Crippen LogP contribution in [0.2, 0.25) is 0 Å². The molecule has 0 saturated heterocycles. The number of rotatable bonds is 2. The highest BCUT2D eigenvalue weighted by molar-refractivity contribution is 8.13. The fourth-order valence-electron chi connectivity index (χ4n) is 0.377. The second kappa shape index (κ2) is 4.33. The van der Waals surface area contributed by atoms with Crippen molar-refractivity contribution in [3.63, 3.8) is 0 Å². The summed E-state index contributed by atoms with van der Waals surface area (Å²) in [5, 5.41) is 7.22. The van der Waals surface area contributed by atoms with E-state index in [1.165, 1.54) is 11.8 Å². The fourth-order valence-corrected chi connectivity index (χ4v) is 0.700. The predicted molar refractivity (Wildman–Crippen MR) is 44.6 cm³/mol. The molecule has 4 heteroatoms. The summed E-state index contributed by atoms with van der Waals surface area (Å²) in [5.41, 5.74) is 0. The Balaban J connectivity index is 3.68. The van der Waals surface area contributed by atoms with Gasteiger partial charge in [-0.25, -0.2) is 0 Å². The van der Waals surface area contributed by atoms with Crippen LogP contribution in [0, 0.1) is 5.41 Å². The first kappa shape index (κ1) is 9.49. The first-order valence-corrected chi connectivity index (χ1v) is 4.13. The van der Waals surface area contributed by atoms with E-state index in [9.17, 15) is 4.79 Å². The molecule has 0 unspecified atom stereocenters. The second-order valence-corrected chi connectivity index (χ2v) is 2.88. The Kier molecular flexibility index (Phi) is 4.11. The lowest BCUT2D eigenvalue weighted by Gasteiger charge is -2.14. The van der Waals surface area contributed by atoms with Crippen LogP contribution >= 0.6 is 11.8 Å². The van der Waals surface area contributed by atoms with Gasteiger partial charge in [0.15, 0.2) is 0 Å². The van der Waals surface area contributed by atoms with Crippen molar-refractivity contribution >= 4 is 22.7 Å². The average molecular weight is 160 g/mol. The zero-order chi connectivity index (χ0) is 8.15. The molecule has 0 aliphatic carbocycles. The number of nitrogens with one attached hydrogen (secondary N) is 1. The molecule has 0 rings (SSSR count). The minimum atomic E-state index is 0.0918. The van der Waals surface area contributed by atoms with Crippen LogP contribution in [-0.2, 0) is 4.79 Å². The minimum absolute atomic E-state index is 0.0918. The molecule has 0 aliphatic rings. The molecule has 0 amide bonds. The van der Waals surface area contributed by atoms with Crippen LogP contribution in [0.15, 0.2) is 0 Å². The number of amidine groups is 1. The van der Waals surface area contributed by atoms with Gasteiger partial charge >= 0.3 is 0 Å². The molecular weight excluding hydrogens is 148 g/mol. The topological polar surface area (TPSA) is 44.2 Å². The van der Waals surface area contributed by atoms with E-state index in [0.29, 0.717) is 12.4 Å². The van der Waals surface area contributed by atoms with E-state index in [0.717, 1.165) is 0 Å². The van der Waals surface area contributed by atoms with E-state index in [4.69, 9.17) is 5.41 Å². The fraction of sp³-hybridized carbons (Fsp3) is 0.667. The smallest absolute Gasteiger partial charge is 0.207 e. The summed E-state index contributed by atoms with van der Waals surface area (Å²) < 4.78 is 0. The third kappa shape index (κ3) is 3.50. The Morgan fingerprint density at radius 1 is 1.70 bits per heavy atom. The number of carbonyl (C=O) groups excluding carboxylic acids is 1. The second-order valence-electron chi connectivity index (χ2n) is 2.02. The van der Waals surface area contributed by atoms with Crippen LogP contribution < -0.4 is 0 Å². The minimum Gasteiger partial charge on any atom is -0.356 e. The highest BCUT2D eigenvalue weighted by atomic mass is 32.2. The number of hydrogen-bond acceptors (Lipinski definition) is 3. The van der Waals surface area contributed by atoms with Crippen molar-refractivity contribution in [1.29, 1.82) is 5.41 Å². The number of nitrogens with zero attached hydrogens (tertiary/aromatic N) is 1. The van der Waals surface area contributed by atoms with E-state index >= 15 is 0 Å². The molecule has 10 heavy (non-hydrogen) atoms. The number of hydrogen-bond donors (Lipinski definition) is 1. The Labute approximate surface area is 65.3 Å². The van der Waals surface area contributed by atoms with E-state index < -0.39 is 0 Å². The average Bonchev–Trinajstić information content (AvgIpc) is 1.87. The maximum atomic E-state index is 10.8. The molecule has 0 aromatic carbocycles. The van der Waals surface area contributed by atoms with Gasteiger partial charge in [-0.15, -0.1) is 0 Å². The highest BCUT2D eigenvalue weighted by Gasteiger charge is 2.03. The SMILES string of the molecule is CSC(=O)CN(C)C(C)=N. The highest BCUT2D eigenvalue weighted by Crippen LogP contribution is 1.96. The zero-order valence-electron chi connectivity index (χ0n) is 6.47. The van der Waals surface area contributed by atoms with E-state index in [2.05, 4.69) is 0 Å². The molecule has 0 fully saturated rings. The van der Waals surface area contributed by atoms with Gasteiger partial charge in [-0.1, -0.05) is 11.8 Å². The van der Waals surface area contributed by atoms with Crippen molar-refractivity contribution in [1.82, 2.24) is 4.90 Å². The number of likely N-dealkylation sites (N-methyl/N-ethyl adjacent to an activating group) is 1. The molecule has 0 radical (unpaired) electrons. The quantitative estimate of drug-likeness (QED) is 0.480. The molecule has 0 heterocycles. The van der Waals surface area contributed by atoms with E-state index in [-0.39, 0.29) is 5.12 Å². The maximum Gasteiger partial charge on any atom is 0.207 e. The van der Waals surface area contributed by atoms with Crippen molar-refractivity contribution in [2.24, 2.45) is 0 Å². The van der Waals surface area contributed by atoms with Crippen LogP contribution in [0.1, 0.15) is 6.92 Å². The number of thioether (sulfide) groups is 1. The van der Waals surface area contributed by atoms with Gasteiger partial charge in [0, 0.05) is 7.05 Å². The standard InChI is InChI=1S/C6H12N2OS/c1-5(7)8(2)4-6(9)10-3/h7H,4H2,1-3H3. The van der Waals surface area contributed by atoms with Gasteiger partial charge in [-0.2, -0.15) is 0 Å². The molecule has 0 aromatic rings. The molecule has 0 spiro atoms.